The summed E-state index contributed by atoms with van der Waals surface area (Å²) in [7, 11) is 0. The molecule has 0 aliphatic heterocycles. The van der Waals surface area contributed by atoms with E-state index in [2.05, 4.69) is 101 Å². The largest absolute Gasteiger partial charge is 0.308 e. The van der Waals surface area contributed by atoms with Gasteiger partial charge in [-0.2, -0.15) is 0 Å². The fraction of sp³-hybridized carbons (Fsp3) is 0. The second kappa shape index (κ2) is 6.78. The second-order valence-electron chi connectivity index (χ2n) is 8.05. The summed E-state index contributed by atoms with van der Waals surface area (Å²) < 4.78 is 5.09. The number of para-hydroxylation sites is 1. The van der Waals surface area contributed by atoms with Crippen LogP contribution in [0.3, 0.4) is 0 Å². The van der Waals surface area contributed by atoms with E-state index in [1.807, 2.05) is 29.7 Å². The molecule has 3 heteroatoms. The zero-order chi connectivity index (χ0) is 21.1. The number of pyridine rings is 1. The monoisotopic (exact) mass is 426 g/mol. The van der Waals surface area contributed by atoms with E-state index in [0.717, 1.165) is 16.9 Å². The molecule has 0 N–H and O–H groups in total. The van der Waals surface area contributed by atoms with Gasteiger partial charge in [-0.25, -0.2) is 0 Å². The van der Waals surface area contributed by atoms with Gasteiger partial charge < -0.3 is 4.57 Å². The number of benzene rings is 4. The molecular weight excluding hydrogens is 408 g/mol. The molecule has 0 bridgehead atoms. The van der Waals surface area contributed by atoms with Crippen molar-refractivity contribution in [1.82, 2.24) is 9.55 Å². The Morgan fingerprint density at radius 2 is 1.44 bits per heavy atom. The molecule has 2 nitrogen and oxygen atoms in total. The maximum Gasteiger partial charge on any atom is 0.0719 e. The molecule has 0 saturated heterocycles. The van der Waals surface area contributed by atoms with Crippen molar-refractivity contribution in [3.8, 4) is 16.9 Å². The first-order valence-corrected chi connectivity index (χ1v) is 11.6. The van der Waals surface area contributed by atoms with Crippen molar-refractivity contribution in [1.29, 1.82) is 0 Å². The lowest BCUT2D eigenvalue weighted by molar-refractivity contribution is 1.18. The highest BCUT2D eigenvalue weighted by Crippen LogP contribution is 2.42. The third-order valence-corrected chi connectivity index (χ3v) is 7.44. The number of nitrogens with zero attached hydrogens (tertiary/aromatic N) is 2. The van der Waals surface area contributed by atoms with Gasteiger partial charge in [-0.1, -0.05) is 66.7 Å². The summed E-state index contributed by atoms with van der Waals surface area (Å²) in [4.78, 5) is 4.57. The van der Waals surface area contributed by atoms with E-state index in [1.165, 1.54) is 42.0 Å². The molecule has 0 atom stereocenters. The molecule has 4 aromatic carbocycles. The van der Waals surface area contributed by atoms with Crippen molar-refractivity contribution >= 4 is 53.3 Å². The van der Waals surface area contributed by atoms with Crippen molar-refractivity contribution in [2.75, 3.05) is 0 Å². The molecule has 0 spiro atoms. The van der Waals surface area contributed by atoms with E-state index < -0.39 is 0 Å². The second-order valence-corrected chi connectivity index (χ2v) is 9.11. The molecule has 0 unspecified atom stereocenters. The van der Waals surface area contributed by atoms with Crippen molar-refractivity contribution < 1.29 is 0 Å². The molecule has 0 aliphatic carbocycles. The Bertz CT molecular complexity index is 1770. The molecule has 0 radical (unpaired) electrons. The molecule has 3 aromatic heterocycles. The number of hydrogen-bond acceptors (Lipinski definition) is 2. The maximum absolute atomic E-state index is 4.57. The minimum Gasteiger partial charge on any atom is -0.308 e. The van der Waals surface area contributed by atoms with Crippen LogP contribution >= 0.6 is 11.3 Å². The molecule has 7 rings (SSSR count). The van der Waals surface area contributed by atoms with Gasteiger partial charge in [0.15, 0.2) is 0 Å². The van der Waals surface area contributed by atoms with Gasteiger partial charge >= 0.3 is 0 Å². The zero-order valence-corrected chi connectivity index (χ0v) is 18.0. The minimum atomic E-state index is 0.988. The zero-order valence-electron chi connectivity index (χ0n) is 17.2. The van der Waals surface area contributed by atoms with Gasteiger partial charge in [-0.05, 0) is 36.4 Å². The highest BCUT2D eigenvalue weighted by molar-refractivity contribution is 7.26. The van der Waals surface area contributed by atoms with Crippen LogP contribution in [-0.2, 0) is 0 Å². The van der Waals surface area contributed by atoms with Gasteiger partial charge in [0.05, 0.1) is 21.4 Å². The van der Waals surface area contributed by atoms with Gasteiger partial charge in [-0.3, -0.25) is 4.98 Å². The third kappa shape index (κ3) is 2.49. The highest BCUT2D eigenvalue weighted by atomic mass is 32.1. The first kappa shape index (κ1) is 17.7. The third-order valence-electron chi connectivity index (χ3n) is 6.24. The lowest BCUT2D eigenvalue weighted by Gasteiger charge is -2.10. The van der Waals surface area contributed by atoms with Crippen LogP contribution in [0.25, 0.3) is 58.9 Å². The molecule has 32 heavy (non-hydrogen) atoms. The molecule has 0 aliphatic rings. The van der Waals surface area contributed by atoms with Crippen LogP contribution in [0.5, 0.6) is 0 Å². The van der Waals surface area contributed by atoms with E-state index >= 15 is 0 Å². The number of thiophene rings is 1. The number of rotatable bonds is 2. The lowest BCUT2D eigenvalue weighted by Crippen LogP contribution is -1.94. The average molecular weight is 427 g/mol. The Kier molecular flexibility index (Phi) is 3.75. The lowest BCUT2D eigenvalue weighted by atomic mass is 10.1. The van der Waals surface area contributed by atoms with Crippen LogP contribution in [-0.4, -0.2) is 9.55 Å². The standard InChI is InChI=1S/C29H18N2S/c1-3-13-26-21(10-1)23-15-16-24-22-11-2-4-14-27(22)32-29(24)28(23)31(26)20-9-7-8-19(18-20)25-12-5-6-17-30-25/h1-18H. The van der Waals surface area contributed by atoms with Crippen molar-refractivity contribution in [3.63, 3.8) is 0 Å². The normalized spacial score (nSPS) is 11.8. The van der Waals surface area contributed by atoms with E-state index in [0.29, 0.717) is 0 Å². The predicted octanol–water partition coefficient (Wildman–Crippen LogP) is 8.21. The van der Waals surface area contributed by atoms with Crippen LogP contribution in [0.1, 0.15) is 0 Å². The Hall–Kier alpha value is -3.95. The van der Waals surface area contributed by atoms with E-state index in [9.17, 15) is 0 Å². The molecule has 150 valence electrons. The predicted molar refractivity (Wildman–Crippen MR) is 137 cm³/mol. The van der Waals surface area contributed by atoms with Crippen LogP contribution in [0.15, 0.2) is 109 Å². The molecule has 0 amide bonds. The topological polar surface area (TPSA) is 17.8 Å². The maximum atomic E-state index is 4.57. The van der Waals surface area contributed by atoms with Crippen LogP contribution in [0, 0.1) is 0 Å². The average Bonchev–Trinajstić information content (AvgIpc) is 3.41. The summed E-state index contributed by atoms with van der Waals surface area (Å²) in [6.07, 6.45) is 1.85. The van der Waals surface area contributed by atoms with E-state index in [-0.39, 0.29) is 0 Å². The summed E-state index contributed by atoms with van der Waals surface area (Å²) in [6.45, 7) is 0. The summed E-state index contributed by atoms with van der Waals surface area (Å²) in [6, 6.07) is 36.8. The Balaban J connectivity index is 1.63. The van der Waals surface area contributed by atoms with Crippen LogP contribution in [0.4, 0.5) is 0 Å². The molecule has 0 fully saturated rings. The molecule has 0 saturated carbocycles. The van der Waals surface area contributed by atoms with Gasteiger partial charge in [0.2, 0.25) is 0 Å². The van der Waals surface area contributed by atoms with Gasteiger partial charge in [0.1, 0.15) is 0 Å². The van der Waals surface area contributed by atoms with Gasteiger partial charge in [-0.15, -0.1) is 11.3 Å². The fourth-order valence-corrected chi connectivity index (χ4v) is 6.08. The SMILES string of the molecule is c1ccc(-c2cccc(-n3c4ccccc4c4ccc5c6ccccc6sc5c43)c2)nc1. The molecule has 7 aromatic rings. The number of hydrogen-bond donors (Lipinski definition) is 0. The Morgan fingerprint density at radius 3 is 2.34 bits per heavy atom. The number of aromatic nitrogens is 2. The first-order chi connectivity index (χ1) is 15.9. The highest BCUT2D eigenvalue weighted by Gasteiger charge is 2.17. The van der Waals surface area contributed by atoms with Crippen molar-refractivity contribution in [3.05, 3.63) is 109 Å². The van der Waals surface area contributed by atoms with E-state index in [4.69, 9.17) is 0 Å². The molecule has 3 heterocycles. The van der Waals surface area contributed by atoms with Gasteiger partial charge in [0, 0.05) is 43.7 Å². The van der Waals surface area contributed by atoms with E-state index in [1.54, 1.807) is 0 Å². The van der Waals surface area contributed by atoms with Crippen molar-refractivity contribution in [2.45, 2.75) is 0 Å². The van der Waals surface area contributed by atoms with Crippen LogP contribution < -0.4 is 0 Å². The fourth-order valence-electron chi connectivity index (χ4n) is 4.84. The summed E-state index contributed by atoms with van der Waals surface area (Å²) in [5, 5.41) is 5.23. The number of fused-ring (bicyclic) bond motifs is 7. The molecular formula is C29H18N2S. The minimum absolute atomic E-state index is 0.988. The van der Waals surface area contributed by atoms with Gasteiger partial charge in [0.25, 0.3) is 0 Å². The quantitative estimate of drug-likeness (QED) is 0.272. The Labute approximate surface area is 189 Å². The van der Waals surface area contributed by atoms with Crippen molar-refractivity contribution in [2.24, 2.45) is 0 Å². The first-order valence-electron chi connectivity index (χ1n) is 10.7. The summed E-state index contributed by atoms with van der Waals surface area (Å²) in [5.41, 5.74) is 5.78. The Morgan fingerprint density at radius 1 is 0.625 bits per heavy atom. The smallest absolute Gasteiger partial charge is 0.0719 e. The van der Waals surface area contributed by atoms with Crippen LogP contribution in [0.2, 0.25) is 0 Å². The summed E-state index contributed by atoms with van der Waals surface area (Å²) >= 11 is 1.88. The summed E-state index contributed by atoms with van der Waals surface area (Å²) in [5.74, 6) is 0.